The minimum Gasteiger partial charge on any atom is -0.497 e. The predicted molar refractivity (Wildman–Crippen MR) is 114 cm³/mol. The third kappa shape index (κ3) is 5.35. The summed E-state index contributed by atoms with van der Waals surface area (Å²) in [6.45, 7) is 3.45. The second-order valence-electron chi connectivity index (χ2n) is 6.58. The van der Waals surface area contributed by atoms with E-state index in [1.807, 2.05) is 43.4 Å². The van der Waals surface area contributed by atoms with E-state index in [1.54, 1.807) is 24.4 Å². The Morgan fingerprint density at radius 3 is 2.52 bits per heavy atom. The molecular formula is C21H25N5O2S. The number of methoxy groups -OCH3 is 1. The van der Waals surface area contributed by atoms with Crippen LogP contribution in [0.1, 0.15) is 18.9 Å². The van der Waals surface area contributed by atoms with Gasteiger partial charge >= 0.3 is 0 Å². The van der Waals surface area contributed by atoms with Crippen molar-refractivity contribution in [3.8, 4) is 17.1 Å². The summed E-state index contributed by atoms with van der Waals surface area (Å²) >= 11 is 1.42. The molecule has 0 atom stereocenters. The summed E-state index contributed by atoms with van der Waals surface area (Å²) in [5.74, 6) is 1.96. The van der Waals surface area contributed by atoms with Gasteiger partial charge in [0.2, 0.25) is 5.91 Å². The molecule has 0 saturated carbocycles. The molecule has 3 aromatic rings. The number of thioether (sulfide) groups is 1. The zero-order valence-corrected chi connectivity index (χ0v) is 17.7. The minimum atomic E-state index is 0.0438. The molecular weight excluding hydrogens is 386 g/mol. The van der Waals surface area contributed by atoms with Crippen LogP contribution in [-0.2, 0) is 17.9 Å². The van der Waals surface area contributed by atoms with Crippen LogP contribution >= 0.6 is 11.8 Å². The first kappa shape index (κ1) is 20.9. The van der Waals surface area contributed by atoms with Crippen molar-refractivity contribution < 1.29 is 9.53 Å². The second kappa shape index (κ2) is 10.1. The zero-order chi connectivity index (χ0) is 20.6. The fourth-order valence-corrected chi connectivity index (χ4v) is 3.77. The molecule has 2 aromatic heterocycles. The van der Waals surface area contributed by atoms with Gasteiger partial charge in [0.1, 0.15) is 5.75 Å². The molecule has 152 valence electrons. The van der Waals surface area contributed by atoms with Crippen molar-refractivity contribution in [2.45, 2.75) is 31.6 Å². The average Bonchev–Trinajstić information content (AvgIpc) is 3.16. The summed E-state index contributed by atoms with van der Waals surface area (Å²) in [6, 6.07) is 11.6. The van der Waals surface area contributed by atoms with E-state index >= 15 is 0 Å². The first-order valence-corrected chi connectivity index (χ1v) is 10.4. The number of ether oxygens (including phenoxy) is 1. The Kier molecular flexibility index (Phi) is 7.24. The molecule has 1 aromatic carbocycles. The van der Waals surface area contributed by atoms with Crippen molar-refractivity contribution in [3.63, 3.8) is 0 Å². The van der Waals surface area contributed by atoms with Crippen molar-refractivity contribution in [3.05, 3.63) is 54.4 Å². The van der Waals surface area contributed by atoms with Gasteiger partial charge in [0.15, 0.2) is 11.0 Å². The van der Waals surface area contributed by atoms with E-state index in [0.29, 0.717) is 12.3 Å². The van der Waals surface area contributed by atoms with Crippen LogP contribution in [0.25, 0.3) is 11.4 Å². The Morgan fingerprint density at radius 2 is 1.86 bits per heavy atom. The molecule has 0 radical (unpaired) electrons. The van der Waals surface area contributed by atoms with Crippen LogP contribution in [0.15, 0.2) is 53.9 Å². The Bertz CT molecular complexity index is 928. The molecule has 7 nitrogen and oxygen atoms in total. The Balaban J connectivity index is 1.64. The number of amides is 1. The third-order valence-electron chi connectivity index (χ3n) is 4.43. The Hall–Kier alpha value is -2.87. The lowest BCUT2D eigenvalue weighted by molar-refractivity contribution is -0.127. The summed E-state index contributed by atoms with van der Waals surface area (Å²) in [7, 11) is 3.45. The lowest BCUT2D eigenvalue weighted by atomic mass is 10.2. The maximum Gasteiger partial charge on any atom is 0.233 e. The molecule has 0 aliphatic heterocycles. The second-order valence-corrected chi connectivity index (χ2v) is 7.52. The largest absolute Gasteiger partial charge is 0.497 e. The van der Waals surface area contributed by atoms with Gasteiger partial charge in [-0.1, -0.05) is 30.8 Å². The normalized spacial score (nSPS) is 10.7. The van der Waals surface area contributed by atoms with Crippen LogP contribution in [0.5, 0.6) is 5.75 Å². The van der Waals surface area contributed by atoms with E-state index in [-0.39, 0.29) is 5.91 Å². The maximum absolute atomic E-state index is 12.6. The van der Waals surface area contributed by atoms with E-state index in [2.05, 4.69) is 26.7 Å². The maximum atomic E-state index is 12.6. The van der Waals surface area contributed by atoms with Gasteiger partial charge in [0, 0.05) is 38.1 Å². The highest BCUT2D eigenvalue weighted by Gasteiger charge is 2.16. The van der Waals surface area contributed by atoms with E-state index in [0.717, 1.165) is 40.8 Å². The van der Waals surface area contributed by atoms with Crippen LogP contribution in [0, 0.1) is 0 Å². The Labute approximate surface area is 175 Å². The van der Waals surface area contributed by atoms with E-state index in [9.17, 15) is 4.79 Å². The number of benzene rings is 1. The Morgan fingerprint density at radius 1 is 1.14 bits per heavy atom. The highest BCUT2D eigenvalue weighted by molar-refractivity contribution is 7.99. The van der Waals surface area contributed by atoms with Crippen LogP contribution in [-0.4, -0.2) is 50.5 Å². The monoisotopic (exact) mass is 411 g/mol. The van der Waals surface area contributed by atoms with Crippen LogP contribution in [0.4, 0.5) is 0 Å². The molecule has 0 bridgehead atoms. The van der Waals surface area contributed by atoms with Crippen LogP contribution in [0.2, 0.25) is 0 Å². The quantitative estimate of drug-likeness (QED) is 0.502. The van der Waals surface area contributed by atoms with Gasteiger partial charge < -0.3 is 14.2 Å². The summed E-state index contributed by atoms with van der Waals surface area (Å²) in [6.07, 6.45) is 4.44. The summed E-state index contributed by atoms with van der Waals surface area (Å²) < 4.78 is 7.24. The number of aromatic nitrogens is 4. The molecule has 2 heterocycles. The van der Waals surface area contributed by atoms with Crippen molar-refractivity contribution in [2.75, 3.05) is 19.9 Å². The fraction of sp³-hybridized carbons (Fsp3) is 0.333. The summed E-state index contributed by atoms with van der Waals surface area (Å²) in [4.78, 5) is 18.4. The molecule has 0 fully saturated rings. The topological polar surface area (TPSA) is 73.1 Å². The van der Waals surface area contributed by atoms with E-state index < -0.39 is 0 Å². The highest BCUT2D eigenvalue weighted by atomic mass is 32.2. The van der Waals surface area contributed by atoms with Crippen LogP contribution in [0.3, 0.4) is 0 Å². The van der Waals surface area contributed by atoms with Gasteiger partial charge in [0.05, 0.1) is 12.9 Å². The molecule has 0 saturated heterocycles. The number of pyridine rings is 1. The molecule has 3 rings (SSSR count). The van der Waals surface area contributed by atoms with Crippen molar-refractivity contribution in [1.29, 1.82) is 0 Å². The van der Waals surface area contributed by atoms with Crippen molar-refractivity contribution in [1.82, 2.24) is 24.6 Å². The van der Waals surface area contributed by atoms with Crippen molar-refractivity contribution >= 4 is 17.7 Å². The number of nitrogens with zero attached hydrogens (tertiary/aromatic N) is 5. The molecule has 0 unspecified atom stereocenters. The molecule has 1 amide bonds. The fourth-order valence-electron chi connectivity index (χ4n) is 2.86. The standard InChI is InChI=1S/C21H25N5O2S/c1-4-13-26-20(17-9-11-22-12-10-17)23-24-21(26)29-15-19(27)25(2)14-16-5-7-18(28-3)8-6-16/h5-12H,4,13-15H2,1-3H3. The molecule has 29 heavy (non-hydrogen) atoms. The molecule has 0 N–H and O–H groups in total. The SMILES string of the molecule is CCCn1c(SCC(=O)N(C)Cc2ccc(OC)cc2)nnc1-c1ccncc1. The number of hydrogen-bond donors (Lipinski definition) is 0. The van der Waals surface area contributed by atoms with Gasteiger partial charge in [-0.3, -0.25) is 9.78 Å². The number of carbonyl (C=O) groups is 1. The van der Waals surface area contributed by atoms with Gasteiger partial charge in [-0.15, -0.1) is 10.2 Å². The first-order chi connectivity index (χ1) is 14.1. The minimum absolute atomic E-state index is 0.0438. The highest BCUT2D eigenvalue weighted by Crippen LogP contribution is 2.24. The number of hydrogen-bond acceptors (Lipinski definition) is 6. The summed E-state index contributed by atoms with van der Waals surface area (Å²) in [5.41, 5.74) is 2.02. The van der Waals surface area contributed by atoms with Gasteiger partial charge in [-0.2, -0.15) is 0 Å². The smallest absolute Gasteiger partial charge is 0.233 e. The van der Waals surface area contributed by atoms with E-state index in [1.165, 1.54) is 11.8 Å². The molecule has 0 aliphatic rings. The third-order valence-corrected chi connectivity index (χ3v) is 5.38. The van der Waals surface area contributed by atoms with E-state index in [4.69, 9.17) is 4.74 Å². The van der Waals surface area contributed by atoms with Gasteiger partial charge in [-0.25, -0.2) is 0 Å². The number of rotatable bonds is 9. The van der Waals surface area contributed by atoms with Crippen LogP contribution < -0.4 is 4.74 Å². The van der Waals surface area contributed by atoms with Crippen molar-refractivity contribution in [2.24, 2.45) is 0 Å². The molecule has 0 spiro atoms. The zero-order valence-electron chi connectivity index (χ0n) is 16.9. The van der Waals surface area contributed by atoms with Gasteiger partial charge in [-0.05, 0) is 36.2 Å². The van der Waals surface area contributed by atoms with Gasteiger partial charge in [0.25, 0.3) is 0 Å². The predicted octanol–water partition coefficient (Wildman–Crippen LogP) is 3.51. The first-order valence-electron chi connectivity index (χ1n) is 9.45. The lowest BCUT2D eigenvalue weighted by Crippen LogP contribution is -2.27. The summed E-state index contributed by atoms with van der Waals surface area (Å²) in [5, 5.41) is 9.41. The lowest BCUT2D eigenvalue weighted by Gasteiger charge is -2.17. The molecule has 8 heteroatoms. The average molecular weight is 412 g/mol. The molecule has 0 aliphatic carbocycles. The number of carbonyl (C=O) groups excluding carboxylic acids is 1.